The van der Waals surface area contributed by atoms with Gasteiger partial charge in [-0.15, -0.1) is 0 Å². The quantitative estimate of drug-likeness (QED) is 0.466. The van der Waals surface area contributed by atoms with Gasteiger partial charge in [-0.2, -0.15) is 0 Å². The smallest absolute Gasteiger partial charge is 0.318 e. The molecule has 0 fully saturated rings. The maximum atomic E-state index is 11.1. The standard InChI is InChI=1S/C6H14N2O6S2/c1-2-15(11,12)7-3-4-16(13,14)8-5-6(9)10/h7-8H,2-5H2,1H3,(H,9,10). The van der Waals surface area contributed by atoms with Crippen LogP contribution in [0.25, 0.3) is 0 Å². The fourth-order valence-corrected chi connectivity index (χ4v) is 2.28. The van der Waals surface area contributed by atoms with Crippen molar-refractivity contribution in [1.82, 2.24) is 9.44 Å². The third-order valence-electron chi connectivity index (χ3n) is 1.52. The molecule has 0 aliphatic heterocycles. The highest BCUT2D eigenvalue weighted by Gasteiger charge is 2.13. The van der Waals surface area contributed by atoms with Gasteiger partial charge in [0.1, 0.15) is 6.54 Å². The molecule has 0 heterocycles. The lowest BCUT2D eigenvalue weighted by atomic mass is 10.7. The first kappa shape index (κ1) is 15.3. The zero-order valence-corrected chi connectivity index (χ0v) is 10.3. The van der Waals surface area contributed by atoms with Crippen LogP contribution < -0.4 is 9.44 Å². The number of carboxylic acids is 1. The molecule has 0 aromatic rings. The molecule has 3 N–H and O–H groups in total. The normalized spacial score (nSPS) is 12.6. The van der Waals surface area contributed by atoms with E-state index in [0.29, 0.717) is 0 Å². The lowest BCUT2D eigenvalue weighted by Gasteiger charge is -2.05. The van der Waals surface area contributed by atoms with Crippen LogP contribution in [0.3, 0.4) is 0 Å². The van der Waals surface area contributed by atoms with Crippen LogP contribution in [0.2, 0.25) is 0 Å². The van der Waals surface area contributed by atoms with Crippen LogP contribution in [0.15, 0.2) is 0 Å². The average Bonchev–Trinajstić information content (AvgIpc) is 2.14. The maximum Gasteiger partial charge on any atom is 0.318 e. The van der Waals surface area contributed by atoms with Crippen molar-refractivity contribution in [3.63, 3.8) is 0 Å². The summed E-state index contributed by atoms with van der Waals surface area (Å²) in [5.74, 6) is -1.95. The fourth-order valence-electron chi connectivity index (χ4n) is 0.677. The fraction of sp³-hybridized carbons (Fsp3) is 0.833. The van der Waals surface area contributed by atoms with Gasteiger partial charge in [-0.05, 0) is 6.92 Å². The summed E-state index contributed by atoms with van der Waals surface area (Å²) in [5, 5.41) is 8.23. The Kier molecular flexibility index (Phi) is 5.86. The van der Waals surface area contributed by atoms with Crippen LogP contribution in [-0.2, 0) is 24.8 Å². The van der Waals surface area contributed by atoms with Crippen LogP contribution in [0.4, 0.5) is 0 Å². The van der Waals surface area contributed by atoms with Crippen molar-refractivity contribution in [2.24, 2.45) is 0 Å². The van der Waals surface area contributed by atoms with Gasteiger partial charge in [-0.25, -0.2) is 26.3 Å². The summed E-state index contributed by atoms with van der Waals surface area (Å²) in [5.41, 5.74) is 0. The largest absolute Gasteiger partial charge is 0.480 e. The minimum atomic E-state index is -3.77. The third kappa shape index (κ3) is 7.56. The average molecular weight is 274 g/mol. The summed E-state index contributed by atoms with van der Waals surface area (Å²) in [7, 11) is -7.20. The number of sulfonamides is 2. The van der Waals surface area contributed by atoms with Crippen molar-refractivity contribution >= 4 is 26.0 Å². The molecule has 0 rings (SSSR count). The molecule has 0 aliphatic carbocycles. The predicted octanol–water partition coefficient (Wildman–Crippen LogP) is -2.07. The summed E-state index contributed by atoms with van der Waals surface area (Å²) < 4.78 is 47.9. The van der Waals surface area contributed by atoms with Crippen molar-refractivity contribution in [2.75, 3.05) is 24.6 Å². The summed E-state index contributed by atoms with van der Waals surface area (Å²) >= 11 is 0. The summed E-state index contributed by atoms with van der Waals surface area (Å²) in [6.07, 6.45) is 0. The molecule has 16 heavy (non-hydrogen) atoms. The van der Waals surface area contributed by atoms with E-state index in [4.69, 9.17) is 5.11 Å². The Labute approximate surface area is 94.1 Å². The molecule has 0 bridgehead atoms. The highest BCUT2D eigenvalue weighted by Crippen LogP contribution is 1.86. The number of nitrogens with one attached hydrogen (secondary N) is 2. The van der Waals surface area contributed by atoms with E-state index in [-0.39, 0.29) is 12.3 Å². The van der Waals surface area contributed by atoms with Gasteiger partial charge in [0.2, 0.25) is 20.0 Å². The van der Waals surface area contributed by atoms with Crippen molar-refractivity contribution < 1.29 is 26.7 Å². The van der Waals surface area contributed by atoms with Crippen LogP contribution in [0.1, 0.15) is 6.92 Å². The van der Waals surface area contributed by atoms with E-state index >= 15 is 0 Å². The minimum Gasteiger partial charge on any atom is -0.480 e. The molecular formula is C6H14N2O6S2. The maximum absolute atomic E-state index is 11.1. The topological polar surface area (TPSA) is 130 Å². The Balaban J connectivity index is 4.06. The van der Waals surface area contributed by atoms with Crippen molar-refractivity contribution in [3.8, 4) is 0 Å². The Hall–Kier alpha value is -0.710. The number of carboxylic acid groups (broad SMARTS) is 1. The number of rotatable bonds is 8. The van der Waals surface area contributed by atoms with Crippen LogP contribution in [0, 0.1) is 0 Å². The van der Waals surface area contributed by atoms with E-state index in [2.05, 4.69) is 4.72 Å². The molecule has 0 radical (unpaired) electrons. The van der Waals surface area contributed by atoms with E-state index in [1.807, 2.05) is 0 Å². The number of hydrogen-bond donors (Lipinski definition) is 3. The zero-order valence-electron chi connectivity index (χ0n) is 8.63. The Morgan fingerprint density at radius 1 is 1.12 bits per heavy atom. The molecule has 0 aromatic carbocycles. The van der Waals surface area contributed by atoms with Crippen LogP contribution in [0.5, 0.6) is 0 Å². The molecule has 96 valence electrons. The lowest BCUT2D eigenvalue weighted by Crippen LogP contribution is -2.37. The number of hydrogen-bond acceptors (Lipinski definition) is 5. The van der Waals surface area contributed by atoms with Gasteiger partial charge in [0.05, 0.1) is 11.5 Å². The van der Waals surface area contributed by atoms with Gasteiger partial charge in [0.25, 0.3) is 0 Å². The zero-order chi connectivity index (χ0) is 12.8. The van der Waals surface area contributed by atoms with E-state index in [1.54, 1.807) is 4.72 Å². The van der Waals surface area contributed by atoms with Gasteiger partial charge < -0.3 is 5.11 Å². The molecule has 0 saturated carbocycles. The SMILES string of the molecule is CCS(=O)(=O)NCCS(=O)(=O)NCC(=O)O. The highest BCUT2D eigenvalue weighted by molar-refractivity contribution is 7.90. The van der Waals surface area contributed by atoms with Gasteiger partial charge in [-0.1, -0.05) is 0 Å². The van der Waals surface area contributed by atoms with Crippen LogP contribution in [-0.4, -0.2) is 52.5 Å². The number of aliphatic carboxylic acids is 1. The second-order valence-corrected chi connectivity index (χ2v) is 6.85. The van der Waals surface area contributed by atoms with Crippen molar-refractivity contribution in [2.45, 2.75) is 6.92 Å². The molecule has 0 atom stereocenters. The van der Waals surface area contributed by atoms with E-state index in [9.17, 15) is 21.6 Å². The Morgan fingerprint density at radius 2 is 1.69 bits per heavy atom. The summed E-state index contributed by atoms with van der Waals surface area (Å²) in [6.45, 7) is 0.410. The Morgan fingerprint density at radius 3 is 2.12 bits per heavy atom. The van der Waals surface area contributed by atoms with Crippen molar-refractivity contribution in [3.05, 3.63) is 0 Å². The second-order valence-electron chi connectivity index (χ2n) is 2.83. The summed E-state index contributed by atoms with van der Waals surface area (Å²) in [6, 6.07) is 0. The highest BCUT2D eigenvalue weighted by atomic mass is 32.2. The van der Waals surface area contributed by atoms with Crippen molar-refractivity contribution in [1.29, 1.82) is 0 Å². The number of carbonyl (C=O) groups is 1. The first-order chi connectivity index (χ1) is 7.18. The lowest BCUT2D eigenvalue weighted by molar-refractivity contribution is -0.135. The molecule has 8 nitrogen and oxygen atoms in total. The molecule has 0 aliphatic rings. The summed E-state index contributed by atoms with van der Waals surface area (Å²) in [4.78, 5) is 10.1. The minimum absolute atomic E-state index is 0.143. The molecule has 0 saturated heterocycles. The molecule has 0 spiro atoms. The van der Waals surface area contributed by atoms with Gasteiger partial charge in [0, 0.05) is 6.54 Å². The Bertz CT molecular complexity index is 426. The van der Waals surface area contributed by atoms with Gasteiger partial charge >= 0.3 is 5.97 Å². The monoisotopic (exact) mass is 274 g/mol. The first-order valence-electron chi connectivity index (χ1n) is 4.35. The second kappa shape index (κ2) is 6.13. The first-order valence-corrected chi connectivity index (χ1v) is 7.65. The molecule has 0 unspecified atom stereocenters. The van der Waals surface area contributed by atoms with E-state index in [1.165, 1.54) is 6.92 Å². The molecule has 10 heteroatoms. The van der Waals surface area contributed by atoms with Crippen LogP contribution >= 0.6 is 0 Å². The van der Waals surface area contributed by atoms with E-state index < -0.39 is 38.3 Å². The van der Waals surface area contributed by atoms with E-state index in [0.717, 1.165) is 0 Å². The molecule has 0 aromatic heterocycles. The van der Waals surface area contributed by atoms with Gasteiger partial charge in [-0.3, -0.25) is 4.79 Å². The molecular weight excluding hydrogens is 260 g/mol. The third-order valence-corrected chi connectivity index (χ3v) is 4.25. The molecule has 0 amide bonds. The predicted molar refractivity (Wildman–Crippen MR) is 56.9 cm³/mol. The van der Waals surface area contributed by atoms with Gasteiger partial charge in [0.15, 0.2) is 0 Å².